The molecular weight excluding hydrogens is 386 g/mol. The van der Waals surface area contributed by atoms with Gasteiger partial charge in [0.05, 0.1) is 25.5 Å². The van der Waals surface area contributed by atoms with E-state index in [4.69, 9.17) is 13.9 Å². The predicted octanol–water partition coefficient (Wildman–Crippen LogP) is 3.57. The first-order valence-corrected chi connectivity index (χ1v) is 9.97. The van der Waals surface area contributed by atoms with Crippen molar-refractivity contribution in [3.63, 3.8) is 0 Å². The van der Waals surface area contributed by atoms with Gasteiger partial charge in [-0.1, -0.05) is 11.8 Å². The Hall–Kier alpha value is -2.52. The number of rotatable bonds is 8. The Balaban J connectivity index is 1.62. The molecule has 0 bridgehead atoms. The van der Waals surface area contributed by atoms with Gasteiger partial charge in [-0.05, 0) is 34.5 Å². The molecule has 0 saturated carbocycles. The molecule has 0 atom stereocenters. The molecule has 0 radical (unpaired) electrons. The molecule has 1 aromatic carbocycles. The van der Waals surface area contributed by atoms with E-state index in [1.807, 2.05) is 16.8 Å². The highest BCUT2D eigenvalue weighted by Crippen LogP contribution is 2.33. The molecule has 0 fully saturated rings. The van der Waals surface area contributed by atoms with Crippen LogP contribution in [0.25, 0.3) is 11.5 Å². The summed E-state index contributed by atoms with van der Waals surface area (Å²) < 4.78 is 16.2. The summed E-state index contributed by atoms with van der Waals surface area (Å²) in [6, 6.07) is 7.33. The number of thioether (sulfide) groups is 1. The Labute approximate surface area is 165 Å². The van der Waals surface area contributed by atoms with Crippen molar-refractivity contribution in [3.05, 3.63) is 40.6 Å². The highest BCUT2D eigenvalue weighted by molar-refractivity contribution is 7.99. The average molecular weight is 406 g/mol. The highest BCUT2D eigenvalue weighted by atomic mass is 32.2. The summed E-state index contributed by atoms with van der Waals surface area (Å²) in [5.74, 6) is 1.79. The van der Waals surface area contributed by atoms with Gasteiger partial charge in [0, 0.05) is 19.7 Å². The number of carbonyl (C=O) groups is 1. The molecule has 2 aromatic heterocycles. The Bertz CT molecular complexity index is 896. The summed E-state index contributed by atoms with van der Waals surface area (Å²) in [7, 11) is 4.93. The van der Waals surface area contributed by atoms with Gasteiger partial charge in [-0.3, -0.25) is 4.79 Å². The normalized spacial score (nSPS) is 10.6. The second-order valence-corrected chi connectivity index (χ2v) is 7.32. The Morgan fingerprint density at radius 2 is 2.11 bits per heavy atom. The molecule has 0 aliphatic carbocycles. The second kappa shape index (κ2) is 8.92. The maximum atomic E-state index is 12.3. The fraction of sp³-hybridized carbons (Fsp3) is 0.278. The first-order chi connectivity index (χ1) is 13.1. The fourth-order valence-electron chi connectivity index (χ4n) is 2.33. The average Bonchev–Trinajstić information content (AvgIpc) is 3.37. The molecule has 2 heterocycles. The standard InChI is InChI=1S/C18H19N3O4S2/c1-21(9-12-6-7-26-10-12)16(22)11-27-18-20-19-17(25-18)14-5-4-13(23-2)8-15(14)24-3/h4-8,10H,9,11H2,1-3H3. The summed E-state index contributed by atoms with van der Waals surface area (Å²) in [5, 5.41) is 12.4. The molecule has 7 nitrogen and oxygen atoms in total. The molecule has 9 heteroatoms. The molecule has 0 saturated heterocycles. The van der Waals surface area contributed by atoms with Gasteiger partial charge in [-0.2, -0.15) is 11.3 Å². The first-order valence-electron chi connectivity index (χ1n) is 8.04. The van der Waals surface area contributed by atoms with Crippen LogP contribution in [-0.2, 0) is 11.3 Å². The Kier molecular flexibility index (Phi) is 6.36. The monoisotopic (exact) mass is 405 g/mol. The van der Waals surface area contributed by atoms with Gasteiger partial charge in [0.1, 0.15) is 11.5 Å². The van der Waals surface area contributed by atoms with E-state index in [9.17, 15) is 4.79 Å². The summed E-state index contributed by atoms with van der Waals surface area (Å²) in [4.78, 5) is 14.0. The summed E-state index contributed by atoms with van der Waals surface area (Å²) >= 11 is 2.83. The van der Waals surface area contributed by atoms with Gasteiger partial charge in [-0.25, -0.2) is 0 Å². The van der Waals surface area contributed by atoms with Crippen molar-refractivity contribution in [1.82, 2.24) is 15.1 Å². The number of methoxy groups -OCH3 is 2. The number of hydrogen-bond donors (Lipinski definition) is 0. The van der Waals surface area contributed by atoms with Crippen LogP contribution in [0.1, 0.15) is 5.56 Å². The Morgan fingerprint density at radius 1 is 1.26 bits per heavy atom. The predicted molar refractivity (Wildman–Crippen MR) is 104 cm³/mol. The van der Waals surface area contributed by atoms with Gasteiger partial charge in [0.15, 0.2) is 0 Å². The Morgan fingerprint density at radius 3 is 2.81 bits per heavy atom. The number of thiophene rings is 1. The molecule has 0 spiro atoms. The second-order valence-electron chi connectivity index (χ2n) is 5.61. The number of benzene rings is 1. The third kappa shape index (κ3) is 4.81. The quantitative estimate of drug-likeness (QED) is 0.530. The lowest BCUT2D eigenvalue weighted by molar-refractivity contribution is -0.127. The molecule has 0 aliphatic heterocycles. The lowest BCUT2D eigenvalue weighted by atomic mass is 10.2. The number of carbonyl (C=O) groups excluding carboxylic acids is 1. The highest BCUT2D eigenvalue weighted by Gasteiger charge is 2.17. The van der Waals surface area contributed by atoms with E-state index in [1.54, 1.807) is 55.7 Å². The molecular formula is C18H19N3O4S2. The summed E-state index contributed by atoms with van der Waals surface area (Å²) in [5.41, 5.74) is 1.78. The molecule has 27 heavy (non-hydrogen) atoms. The van der Waals surface area contributed by atoms with Crippen LogP contribution in [0.15, 0.2) is 44.7 Å². The van der Waals surface area contributed by atoms with E-state index in [-0.39, 0.29) is 11.7 Å². The van der Waals surface area contributed by atoms with E-state index >= 15 is 0 Å². The largest absolute Gasteiger partial charge is 0.497 e. The fourth-order valence-corrected chi connectivity index (χ4v) is 3.69. The van der Waals surface area contributed by atoms with E-state index in [2.05, 4.69) is 10.2 Å². The number of aromatic nitrogens is 2. The molecule has 0 unspecified atom stereocenters. The van der Waals surface area contributed by atoms with E-state index in [0.717, 1.165) is 5.56 Å². The van der Waals surface area contributed by atoms with Crippen molar-refractivity contribution in [2.45, 2.75) is 11.8 Å². The number of hydrogen-bond acceptors (Lipinski definition) is 8. The van der Waals surface area contributed by atoms with E-state index in [0.29, 0.717) is 34.7 Å². The number of amides is 1. The minimum Gasteiger partial charge on any atom is -0.497 e. The summed E-state index contributed by atoms with van der Waals surface area (Å²) in [6.45, 7) is 0.584. The van der Waals surface area contributed by atoms with Crippen LogP contribution in [0.3, 0.4) is 0 Å². The lowest BCUT2D eigenvalue weighted by Gasteiger charge is -2.15. The summed E-state index contributed by atoms with van der Waals surface area (Å²) in [6.07, 6.45) is 0. The maximum Gasteiger partial charge on any atom is 0.277 e. The third-order valence-electron chi connectivity index (χ3n) is 3.79. The topological polar surface area (TPSA) is 77.7 Å². The van der Waals surface area contributed by atoms with Crippen LogP contribution in [0.4, 0.5) is 0 Å². The van der Waals surface area contributed by atoms with Crippen molar-refractivity contribution in [1.29, 1.82) is 0 Å². The molecule has 3 aromatic rings. The first kappa shape index (κ1) is 19.2. The van der Waals surface area contributed by atoms with Crippen molar-refractivity contribution >= 4 is 29.0 Å². The van der Waals surface area contributed by atoms with Crippen molar-refractivity contribution in [3.8, 4) is 23.0 Å². The van der Waals surface area contributed by atoms with Crippen LogP contribution in [0.5, 0.6) is 11.5 Å². The third-order valence-corrected chi connectivity index (χ3v) is 5.33. The number of ether oxygens (including phenoxy) is 2. The SMILES string of the molecule is COc1ccc(-c2nnc(SCC(=O)N(C)Cc3ccsc3)o2)c(OC)c1. The minimum absolute atomic E-state index is 0.00650. The zero-order valence-electron chi connectivity index (χ0n) is 15.2. The molecule has 0 aliphatic rings. The lowest BCUT2D eigenvalue weighted by Crippen LogP contribution is -2.27. The van der Waals surface area contributed by atoms with Gasteiger partial charge in [0.25, 0.3) is 11.1 Å². The van der Waals surface area contributed by atoms with Crippen LogP contribution in [-0.4, -0.2) is 48.0 Å². The minimum atomic E-state index is -0.00650. The van der Waals surface area contributed by atoms with Crippen molar-refractivity contribution in [2.24, 2.45) is 0 Å². The van der Waals surface area contributed by atoms with Crippen molar-refractivity contribution < 1.29 is 18.7 Å². The van der Waals surface area contributed by atoms with E-state index < -0.39 is 0 Å². The van der Waals surface area contributed by atoms with Crippen LogP contribution in [0, 0.1) is 0 Å². The molecule has 3 rings (SSSR count). The van der Waals surface area contributed by atoms with Gasteiger partial charge >= 0.3 is 0 Å². The van der Waals surface area contributed by atoms with E-state index in [1.165, 1.54) is 11.8 Å². The van der Waals surface area contributed by atoms with Gasteiger partial charge in [-0.15, -0.1) is 10.2 Å². The number of nitrogens with zero attached hydrogens (tertiary/aromatic N) is 3. The van der Waals surface area contributed by atoms with Crippen molar-refractivity contribution in [2.75, 3.05) is 27.0 Å². The molecule has 0 N–H and O–H groups in total. The van der Waals surface area contributed by atoms with Crippen LogP contribution < -0.4 is 9.47 Å². The van der Waals surface area contributed by atoms with Crippen LogP contribution in [0.2, 0.25) is 0 Å². The molecule has 142 valence electrons. The zero-order valence-corrected chi connectivity index (χ0v) is 16.8. The van der Waals surface area contributed by atoms with Crippen LogP contribution >= 0.6 is 23.1 Å². The van der Waals surface area contributed by atoms with Gasteiger partial charge in [0.2, 0.25) is 5.91 Å². The zero-order chi connectivity index (χ0) is 19.2. The maximum absolute atomic E-state index is 12.3. The van der Waals surface area contributed by atoms with Gasteiger partial charge < -0.3 is 18.8 Å². The smallest absolute Gasteiger partial charge is 0.277 e. The molecule has 1 amide bonds.